The van der Waals surface area contributed by atoms with Gasteiger partial charge in [-0.1, -0.05) is 0 Å². The lowest BCUT2D eigenvalue weighted by Crippen LogP contribution is -2.52. The average Bonchev–Trinajstić information content (AvgIpc) is 2.49. The van der Waals surface area contributed by atoms with Gasteiger partial charge >= 0.3 is 29.8 Å². The van der Waals surface area contributed by atoms with E-state index in [-0.39, 0.29) is 6.61 Å². The van der Waals surface area contributed by atoms with Crippen LogP contribution in [0.25, 0.3) is 0 Å². The van der Waals surface area contributed by atoms with Crippen LogP contribution in [0.4, 0.5) is 0 Å². The summed E-state index contributed by atoms with van der Waals surface area (Å²) in [6, 6.07) is 0. The van der Waals surface area contributed by atoms with Crippen LogP contribution in [0.1, 0.15) is 32.6 Å². The summed E-state index contributed by atoms with van der Waals surface area (Å²) >= 11 is 0. The highest BCUT2D eigenvalue weighted by molar-refractivity contribution is 5.71. The van der Waals surface area contributed by atoms with Gasteiger partial charge in [0.25, 0.3) is 0 Å². The van der Waals surface area contributed by atoms with Crippen LogP contribution in [0.5, 0.6) is 0 Å². The first-order valence-electron chi connectivity index (χ1n) is 8.17. The number of hydrogen-bond acceptors (Lipinski definition) is 7. The van der Waals surface area contributed by atoms with Crippen molar-refractivity contribution in [1.82, 2.24) is 0 Å². The van der Waals surface area contributed by atoms with E-state index in [4.69, 9.17) is 19.7 Å². The van der Waals surface area contributed by atoms with Gasteiger partial charge in [0.15, 0.2) is 0 Å². The summed E-state index contributed by atoms with van der Waals surface area (Å²) in [6.07, 6.45) is -4.50. The maximum Gasteiger partial charge on any atom is 0.305 e. The number of aliphatic carboxylic acids is 4. The van der Waals surface area contributed by atoms with Crippen LogP contribution in [0.15, 0.2) is 0 Å². The van der Waals surface area contributed by atoms with E-state index in [1.165, 1.54) is 0 Å². The highest BCUT2D eigenvalue weighted by Gasteiger charge is 2.48. The first-order chi connectivity index (χ1) is 12.5. The lowest BCUT2D eigenvalue weighted by molar-refractivity contribution is -0.191. The predicted octanol–water partition coefficient (Wildman–Crippen LogP) is 0.0643. The first kappa shape index (κ1) is 22.4. The van der Waals surface area contributed by atoms with E-state index in [1.54, 1.807) is 0 Å². The zero-order valence-electron chi connectivity index (χ0n) is 14.6. The van der Waals surface area contributed by atoms with Crippen LogP contribution in [-0.2, 0) is 33.4 Å². The van der Waals surface area contributed by atoms with E-state index >= 15 is 0 Å². The molecule has 0 spiro atoms. The highest BCUT2D eigenvalue weighted by atomic mass is 16.6. The molecule has 0 aliphatic carbocycles. The second kappa shape index (κ2) is 9.86. The Morgan fingerprint density at radius 1 is 0.704 bits per heavy atom. The Labute approximate surface area is 153 Å². The normalized spacial score (nSPS) is 27.5. The molecule has 0 aromatic carbocycles. The minimum absolute atomic E-state index is 0.390. The Hall–Kier alpha value is -2.69. The fourth-order valence-electron chi connectivity index (χ4n) is 3.50. The van der Waals surface area contributed by atoms with E-state index < -0.39 is 85.5 Å². The van der Waals surface area contributed by atoms with Gasteiger partial charge in [-0.25, -0.2) is 0 Å². The first-order valence-corrected chi connectivity index (χ1v) is 8.17. The van der Waals surface area contributed by atoms with E-state index in [1.807, 2.05) is 0 Å². The molecule has 0 unspecified atom stereocenters. The van der Waals surface area contributed by atoms with Crippen molar-refractivity contribution in [3.05, 3.63) is 0 Å². The molecule has 11 nitrogen and oxygen atoms in total. The minimum Gasteiger partial charge on any atom is -0.481 e. The van der Waals surface area contributed by atoms with Gasteiger partial charge in [0.2, 0.25) is 0 Å². The fraction of sp³-hybridized carbons (Fsp3) is 0.688. The smallest absolute Gasteiger partial charge is 0.305 e. The SMILES string of the molecule is CC(=O)OC[C@H]1O[C@@H](CC(=O)O)[C@H](CC(=O)O)[C@H](CC(=O)O)[C@@H]1CC(=O)O. The van der Waals surface area contributed by atoms with E-state index in [0.29, 0.717) is 0 Å². The number of carbonyl (C=O) groups excluding carboxylic acids is 1. The van der Waals surface area contributed by atoms with Gasteiger partial charge < -0.3 is 29.9 Å². The molecule has 1 heterocycles. The number of carboxylic acid groups (broad SMARTS) is 4. The van der Waals surface area contributed by atoms with Crippen molar-refractivity contribution < 1.29 is 53.9 Å². The molecule has 1 fully saturated rings. The largest absolute Gasteiger partial charge is 0.481 e. The summed E-state index contributed by atoms with van der Waals surface area (Å²) in [6.45, 7) is 0.727. The Balaban J connectivity index is 3.29. The zero-order chi connectivity index (χ0) is 20.7. The lowest BCUT2D eigenvalue weighted by atomic mass is 9.69. The lowest BCUT2D eigenvalue weighted by Gasteiger charge is -2.45. The van der Waals surface area contributed by atoms with Crippen molar-refractivity contribution in [2.24, 2.45) is 17.8 Å². The monoisotopic (exact) mass is 390 g/mol. The Morgan fingerprint density at radius 3 is 1.52 bits per heavy atom. The molecule has 152 valence electrons. The van der Waals surface area contributed by atoms with Gasteiger partial charge in [-0.3, -0.25) is 24.0 Å². The molecular weight excluding hydrogens is 368 g/mol. The van der Waals surface area contributed by atoms with Crippen molar-refractivity contribution in [3.8, 4) is 0 Å². The Bertz CT molecular complexity index is 599. The van der Waals surface area contributed by atoms with Crippen molar-refractivity contribution in [2.75, 3.05) is 6.61 Å². The number of ether oxygens (including phenoxy) is 2. The maximum atomic E-state index is 11.3. The van der Waals surface area contributed by atoms with Crippen LogP contribution < -0.4 is 0 Å². The minimum atomic E-state index is -1.29. The summed E-state index contributed by atoms with van der Waals surface area (Å²) in [7, 11) is 0. The van der Waals surface area contributed by atoms with Crippen LogP contribution in [0, 0.1) is 17.8 Å². The number of esters is 1. The molecule has 1 aliphatic rings. The molecule has 1 rings (SSSR count). The van der Waals surface area contributed by atoms with Gasteiger partial charge in [-0.2, -0.15) is 0 Å². The molecule has 0 aromatic heterocycles. The maximum absolute atomic E-state index is 11.3. The number of rotatable bonds is 10. The second-order valence-corrected chi connectivity index (χ2v) is 6.40. The van der Waals surface area contributed by atoms with Crippen molar-refractivity contribution in [2.45, 2.75) is 44.8 Å². The molecule has 0 aromatic rings. The third-order valence-corrected chi connectivity index (χ3v) is 4.46. The topological polar surface area (TPSA) is 185 Å². The average molecular weight is 390 g/mol. The standard InChI is InChI=1S/C16H22O11/c1-7(17)26-6-12-10(4-15(22)23)8(2-13(18)19)9(3-14(20)21)11(27-12)5-16(24)25/h8-12H,2-6H2,1H3,(H,18,19)(H,20,21)(H,22,23)(H,24,25)/t8-,9+,10-,11-,12+/m0/s1. The van der Waals surface area contributed by atoms with Gasteiger partial charge in [-0.15, -0.1) is 0 Å². The van der Waals surface area contributed by atoms with E-state index in [0.717, 1.165) is 6.92 Å². The molecule has 0 bridgehead atoms. The Kier molecular flexibility index (Phi) is 8.16. The summed E-state index contributed by atoms with van der Waals surface area (Å²) in [5, 5.41) is 36.6. The molecule has 27 heavy (non-hydrogen) atoms. The van der Waals surface area contributed by atoms with Crippen molar-refractivity contribution >= 4 is 29.8 Å². The predicted molar refractivity (Wildman–Crippen MR) is 84.8 cm³/mol. The second-order valence-electron chi connectivity index (χ2n) is 6.40. The Morgan fingerprint density at radius 2 is 1.11 bits per heavy atom. The quantitative estimate of drug-likeness (QED) is 0.370. The number of hydrogen-bond donors (Lipinski definition) is 4. The van der Waals surface area contributed by atoms with Crippen LogP contribution in [0.2, 0.25) is 0 Å². The van der Waals surface area contributed by atoms with Crippen molar-refractivity contribution in [1.29, 1.82) is 0 Å². The number of carboxylic acids is 4. The van der Waals surface area contributed by atoms with Crippen LogP contribution in [-0.4, -0.2) is 69.1 Å². The van der Waals surface area contributed by atoms with Gasteiger partial charge in [0.1, 0.15) is 6.61 Å². The molecule has 0 radical (unpaired) electrons. The van der Waals surface area contributed by atoms with Gasteiger partial charge in [-0.05, 0) is 11.8 Å². The molecular formula is C16H22O11. The van der Waals surface area contributed by atoms with Crippen LogP contribution >= 0.6 is 0 Å². The van der Waals surface area contributed by atoms with Crippen LogP contribution in [0.3, 0.4) is 0 Å². The van der Waals surface area contributed by atoms with E-state index in [2.05, 4.69) is 0 Å². The fourth-order valence-corrected chi connectivity index (χ4v) is 3.50. The molecule has 5 atom stereocenters. The molecule has 4 N–H and O–H groups in total. The third-order valence-electron chi connectivity index (χ3n) is 4.46. The summed E-state index contributed by atoms with van der Waals surface area (Å²) in [5.74, 6) is -8.77. The van der Waals surface area contributed by atoms with E-state index in [9.17, 15) is 34.2 Å². The zero-order valence-corrected chi connectivity index (χ0v) is 14.6. The summed E-state index contributed by atoms with van der Waals surface area (Å²) in [5.41, 5.74) is 0. The summed E-state index contributed by atoms with van der Waals surface area (Å²) in [4.78, 5) is 56.0. The van der Waals surface area contributed by atoms with Gasteiger partial charge in [0, 0.05) is 19.3 Å². The van der Waals surface area contributed by atoms with Gasteiger partial charge in [0.05, 0.1) is 31.5 Å². The molecule has 0 amide bonds. The molecule has 1 aliphatic heterocycles. The number of carbonyl (C=O) groups is 5. The highest BCUT2D eigenvalue weighted by Crippen LogP contribution is 2.42. The molecule has 11 heteroatoms. The molecule has 0 saturated carbocycles. The molecule has 1 saturated heterocycles. The summed E-state index contributed by atoms with van der Waals surface area (Å²) < 4.78 is 10.5. The van der Waals surface area contributed by atoms with Crippen molar-refractivity contribution in [3.63, 3.8) is 0 Å². The third kappa shape index (κ3) is 7.21.